The molecule has 0 bridgehead atoms. The van der Waals surface area contributed by atoms with Gasteiger partial charge in [0.15, 0.2) is 6.61 Å². The van der Waals surface area contributed by atoms with Crippen LogP contribution in [-0.4, -0.2) is 23.6 Å². The number of hydrogen-bond donors (Lipinski definition) is 2. The second-order valence-corrected chi connectivity index (χ2v) is 4.46. The molecule has 0 atom stereocenters. The van der Waals surface area contributed by atoms with Gasteiger partial charge in [-0.3, -0.25) is 4.79 Å². The smallest absolute Gasteiger partial charge is 0.342 e. The normalized spacial score (nSPS) is 9.95. The van der Waals surface area contributed by atoms with E-state index in [0.29, 0.717) is 5.69 Å². The van der Waals surface area contributed by atoms with Gasteiger partial charge in [-0.15, -0.1) is 0 Å². The van der Waals surface area contributed by atoms with Gasteiger partial charge in [0.2, 0.25) is 0 Å². The Bertz CT molecular complexity index is 667. The Kier molecular flexibility index (Phi) is 4.56. The molecule has 2 N–H and O–H groups in total. The molecule has 0 aliphatic rings. The number of anilines is 1. The van der Waals surface area contributed by atoms with E-state index < -0.39 is 18.5 Å². The number of nitrogens with one attached hydrogen (secondary N) is 1. The van der Waals surface area contributed by atoms with Gasteiger partial charge in [-0.1, -0.05) is 30.3 Å². The van der Waals surface area contributed by atoms with Crippen LogP contribution in [0.1, 0.15) is 15.9 Å². The highest BCUT2D eigenvalue weighted by atomic mass is 16.5. The molecular weight excluding hydrogens is 270 g/mol. The van der Waals surface area contributed by atoms with Crippen molar-refractivity contribution in [2.75, 3.05) is 11.9 Å². The van der Waals surface area contributed by atoms with Gasteiger partial charge in [0.1, 0.15) is 11.3 Å². The molecule has 0 aromatic heterocycles. The number of carbonyl (C=O) groups excluding carboxylic acids is 2. The quantitative estimate of drug-likeness (QED) is 0.846. The minimum absolute atomic E-state index is 0.0289. The number of ether oxygens (including phenoxy) is 1. The summed E-state index contributed by atoms with van der Waals surface area (Å²) in [6.45, 7) is 1.45. The average Bonchev–Trinajstić information content (AvgIpc) is 2.48. The molecule has 0 saturated heterocycles. The molecule has 0 saturated carbocycles. The minimum Gasteiger partial charge on any atom is -0.507 e. The van der Waals surface area contributed by atoms with E-state index in [1.165, 1.54) is 12.1 Å². The molecule has 0 heterocycles. The van der Waals surface area contributed by atoms with Crippen molar-refractivity contribution >= 4 is 17.6 Å². The van der Waals surface area contributed by atoms with Crippen LogP contribution in [0.5, 0.6) is 5.75 Å². The number of benzene rings is 2. The lowest BCUT2D eigenvalue weighted by atomic mass is 10.2. The van der Waals surface area contributed by atoms with Gasteiger partial charge in [0.25, 0.3) is 5.91 Å². The number of phenolic OH excluding ortho intramolecular Hbond substituents is 1. The Morgan fingerprint density at radius 2 is 1.76 bits per heavy atom. The molecule has 0 fully saturated rings. The van der Waals surface area contributed by atoms with E-state index in [1.807, 2.05) is 19.1 Å². The first-order valence-electron chi connectivity index (χ1n) is 6.38. The summed E-state index contributed by atoms with van der Waals surface area (Å²) in [4.78, 5) is 23.5. The maximum atomic E-state index is 11.7. The lowest BCUT2D eigenvalue weighted by Gasteiger charge is -2.09. The first-order valence-corrected chi connectivity index (χ1v) is 6.38. The Morgan fingerprint density at radius 1 is 1.10 bits per heavy atom. The SMILES string of the molecule is Cc1ccccc1NC(=O)COC(=O)c1ccccc1O. The first-order chi connectivity index (χ1) is 10.1. The van der Waals surface area contributed by atoms with Crippen LogP contribution in [0.2, 0.25) is 0 Å². The Labute approximate surface area is 122 Å². The van der Waals surface area contributed by atoms with E-state index in [-0.39, 0.29) is 11.3 Å². The second kappa shape index (κ2) is 6.56. The third-order valence-electron chi connectivity index (χ3n) is 2.88. The Morgan fingerprint density at radius 3 is 2.48 bits per heavy atom. The summed E-state index contributed by atoms with van der Waals surface area (Å²) in [5.74, 6) is -1.36. The predicted octanol–water partition coefficient (Wildman–Crippen LogP) is 2.50. The van der Waals surface area contributed by atoms with E-state index >= 15 is 0 Å². The summed E-state index contributed by atoms with van der Waals surface area (Å²) in [6.07, 6.45) is 0. The van der Waals surface area contributed by atoms with Crippen molar-refractivity contribution in [2.24, 2.45) is 0 Å². The van der Waals surface area contributed by atoms with Crippen molar-refractivity contribution in [1.82, 2.24) is 0 Å². The van der Waals surface area contributed by atoms with E-state index in [1.54, 1.807) is 24.3 Å². The lowest BCUT2D eigenvalue weighted by Crippen LogP contribution is -2.21. The zero-order chi connectivity index (χ0) is 15.2. The second-order valence-electron chi connectivity index (χ2n) is 4.46. The van der Waals surface area contributed by atoms with Gasteiger partial charge in [0.05, 0.1) is 0 Å². The number of amides is 1. The fourth-order valence-corrected chi connectivity index (χ4v) is 1.75. The van der Waals surface area contributed by atoms with Crippen LogP contribution < -0.4 is 5.32 Å². The lowest BCUT2D eigenvalue weighted by molar-refractivity contribution is -0.119. The highest BCUT2D eigenvalue weighted by molar-refractivity contribution is 5.96. The largest absolute Gasteiger partial charge is 0.507 e. The summed E-state index contributed by atoms with van der Waals surface area (Å²) in [5.41, 5.74) is 1.61. The van der Waals surface area contributed by atoms with Crippen LogP contribution in [0, 0.1) is 6.92 Å². The molecular formula is C16H15NO4. The maximum absolute atomic E-state index is 11.7. The van der Waals surface area contributed by atoms with Crippen molar-refractivity contribution < 1.29 is 19.4 Å². The van der Waals surface area contributed by atoms with Crippen LogP contribution >= 0.6 is 0 Å². The molecule has 0 aliphatic heterocycles. The fourth-order valence-electron chi connectivity index (χ4n) is 1.75. The number of rotatable bonds is 4. The topological polar surface area (TPSA) is 75.6 Å². The molecule has 0 aliphatic carbocycles. The van der Waals surface area contributed by atoms with Gasteiger partial charge < -0.3 is 15.2 Å². The predicted molar refractivity (Wildman–Crippen MR) is 78.2 cm³/mol. The number of aryl methyl sites for hydroxylation is 1. The van der Waals surface area contributed by atoms with Gasteiger partial charge >= 0.3 is 5.97 Å². The highest BCUT2D eigenvalue weighted by Gasteiger charge is 2.13. The highest BCUT2D eigenvalue weighted by Crippen LogP contribution is 2.17. The molecule has 2 rings (SSSR count). The number of aromatic hydroxyl groups is 1. The van der Waals surface area contributed by atoms with Crippen LogP contribution in [0.3, 0.4) is 0 Å². The van der Waals surface area contributed by atoms with Crippen molar-refractivity contribution in [1.29, 1.82) is 0 Å². The van der Waals surface area contributed by atoms with Crippen LogP contribution in [0.15, 0.2) is 48.5 Å². The van der Waals surface area contributed by atoms with Crippen molar-refractivity contribution in [3.63, 3.8) is 0 Å². The summed E-state index contributed by atoms with van der Waals surface area (Å²) in [7, 11) is 0. The third-order valence-corrected chi connectivity index (χ3v) is 2.88. The number of hydrogen-bond acceptors (Lipinski definition) is 4. The molecule has 0 spiro atoms. The summed E-state index contributed by atoms with van der Waals surface area (Å²) < 4.78 is 4.87. The van der Waals surface area contributed by atoms with E-state index in [4.69, 9.17) is 4.74 Å². The molecule has 5 heteroatoms. The third kappa shape index (κ3) is 3.82. The van der Waals surface area contributed by atoms with Gasteiger partial charge in [-0.05, 0) is 30.7 Å². The maximum Gasteiger partial charge on any atom is 0.342 e. The van der Waals surface area contributed by atoms with Crippen LogP contribution in [-0.2, 0) is 9.53 Å². The standard InChI is InChI=1S/C16H15NO4/c1-11-6-2-4-8-13(11)17-15(19)10-21-16(20)12-7-3-5-9-14(12)18/h2-9,18H,10H2,1H3,(H,17,19). The molecule has 2 aromatic rings. The number of esters is 1. The zero-order valence-corrected chi connectivity index (χ0v) is 11.5. The van der Waals surface area contributed by atoms with Gasteiger partial charge in [-0.25, -0.2) is 4.79 Å². The minimum atomic E-state index is -0.743. The number of para-hydroxylation sites is 2. The molecule has 1 amide bonds. The fraction of sp³-hybridized carbons (Fsp3) is 0.125. The van der Waals surface area contributed by atoms with Gasteiger partial charge in [-0.2, -0.15) is 0 Å². The van der Waals surface area contributed by atoms with E-state index in [2.05, 4.69) is 5.32 Å². The van der Waals surface area contributed by atoms with E-state index in [0.717, 1.165) is 5.56 Å². The number of phenols is 1. The average molecular weight is 285 g/mol. The Balaban J connectivity index is 1.91. The molecule has 5 nitrogen and oxygen atoms in total. The molecule has 108 valence electrons. The van der Waals surface area contributed by atoms with Crippen molar-refractivity contribution in [3.8, 4) is 5.75 Å². The zero-order valence-electron chi connectivity index (χ0n) is 11.5. The molecule has 0 radical (unpaired) electrons. The van der Waals surface area contributed by atoms with E-state index in [9.17, 15) is 14.7 Å². The monoisotopic (exact) mass is 285 g/mol. The van der Waals surface area contributed by atoms with Crippen molar-refractivity contribution in [2.45, 2.75) is 6.92 Å². The van der Waals surface area contributed by atoms with Crippen molar-refractivity contribution in [3.05, 3.63) is 59.7 Å². The molecule has 0 unspecified atom stereocenters. The molecule has 2 aromatic carbocycles. The summed E-state index contributed by atoms with van der Waals surface area (Å²) >= 11 is 0. The Hall–Kier alpha value is -2.82. The summed E-state index contributed by atoms with van der Waals surface area (Å²) in [5, 5.41) is 12.2. The first kappa shape index (κ1) is 14.6. The van der Waals surface area contributed by atoms with Crippen LogP contribution in [0.4, 0.5) is 5.69 Å². The van der Waals surface area contributed by atoms with Crippen LogP contribution in [0.25, 0.3) is 0 Å². The van der Waals surface area contributed by atoms with Gasteiger partial charge in [0, 0.05) is 5.69 Å². The molecule has 21 heavy (non-hydrogen) atoms. The number of carbonyl (C=O) groups is 2. The summed E-state index contributed by atoms with van der Waals surface area (Å²) in [6, 6.07) is 13.3.